The van der Waals surface area contributed by atoms with Crippen LogP contribution in [0.2, 0.25) is 0 Å². The molecule has 6 heteroatoms. The molecule has 0 amide bonds. The quantitative estimate of drug-likeness (QED) is 0.846. The van der Waals surface area contributed by atoms with Crippen molar-refractivity contribution in [3.63, 3.8) is 0 Å². The van der Waals surface area contributed by atoms with Gasteiger partial charge in [-0.15, -0.1) is 0 Å². The third-order valence-electron chi connectivity index (χ3n) is 3.26. The Bertz CT molecular complexity index is 466. The van der Waals surface area contributed by atoms with Crippen molar-refractivity contribution < 1.29 is 22.7 Å². The van der Waals surface area contributed by atoms with Gasteiger partial charge in [-0.25, -0.2) is 4.79 Å². The number of carbonyl (C=O) groups excluding carboxylic acids is 1. The van der Waals surface area contributed by atoms with Gasteiger partial charge in [0, 0.05) is 0 Å². The molecular formula is C14H16F3NO2. The highest BCUT2D eigenvalue weighted by molar-refractivity contribution is 5.77. The standard InChI is InChI=1S/C14H16F3NO2/c1-20-13(19)12(18-8-14(15,16)17)11-6-4-10(5-7-11)9-2-3-9/h4-7,9,12,18H,2-3,8H2,1H3. The molecule has 0 aliphatic heterocycles. The van der Waals surface area contributed by atoms with Crippen molar-refractivity contribution in [3.8, 4) is 0 Å². The van der Waals surface area contributed by atoms with E-state index in [1.807, 2.05) is 12.1 Å². The summed E-state index contributed by atoms with van der Waals surface area (Å²) in [5, 5.41) is 2.19. The lowest BCUT2D eigenvalue weighted by molar-refractivity contribution is -0.146. The first-order chi connectivity index (χ1) is 9.40. The number of methoxy groups -OCH3 is 1. The number of benzene rings is 1. The number of nitrogens with one attached hydrogen (secondary N) is 1. The molecule has 1 aromatic rings. The van der Waals surface area contributed by atoms with Crippen molar-refractivity contribution in [2.75, 3.05) is 13.7 Å². The Morgan fingerprint density at radius 1 is 1.35 bits per heavy atom. The van der Waals surface area contributed by atoms with Crippen molar-refractivity contribution in [2.45, 2.75) is 31.0 Å². The topological polar surface area (TPSA) is 38.3 Å². The van der Waals surface area contributed by atoms with Gasteiger partial charge in [0.05, 0.1) is 13.7 Å². The van der Waals surface area contributed by atoms with Crippen molar-refractivity contribution in [1.29, 1.82) is 0 Å². The van der Waals surface area contributed by atoms with Gasteiger partial charge >= 0.3 is 12.1 Å². The molecule has 1 aromatic carbocycles. The predicted molar refractivity (Wildman–Crippen MR) is 67.2 cm³/mol. The van der Waals surface area contributed by atoms with Gasteiger partial charge in [0.1, 0.15) is 6.04 Å². The first-order valence-electron chi connectivity index (χ1n) is 6.38. The molecule has 0 bridgehead atoms. The van der Waals surface area contributed by atoms with Crippen molar-refractivity contribution >= 4 is 5.97 Å². The zero-order valence-corrected chi connectivity index (χ0v) is 11.0. The second-order valence-corrected chi connectivity index (χ2v) is 4.89. The van der Waals surface area contributed by atoms with Gasteiger partial charge in [0.2, 0.25) is 0 Å². The molecule has 0 saturated heterocycles. The van der Waals surface area contributed by atoms with Crippen LogP contribution in [-0.4, -0.2) is 25.8 Å². The lowest BCUT2D eigenvalue weighted by Crippen LogP contribution is -2.36. The number of halogens is 3. The van der Waals surface area contributed by atoms with E-state index in [2.05, 4.69) is 10.1 Å². The normalized spacial score (nSPS) is 16.8. The zero-order chi connectivity index (χ0) is 14.8. The first-order valence-corrected chi connectivity index (χ1v) is 6.38. The molecule has 1 saturated carbocycles. The summed E-state index contributed by atoms with van der Waals surface area (Å²) in [5.74, 6) is -0.169. The Labute approximate surface area is 115 Å². The van der Waals surface area contributed by atoms with Crippen molar-refractivity contribution in [1.82, 2.24) is 5.32 Å². The van der Waals surface area contributed by atoms with E-state index in [1.54, 1.807) is 12.1 Å². The molecule has 0 radical (unpaired) electrons. The van der Waals surface area contributed by atoms with E-state index < -0.39 is 24.7 Å². The van der Waals surface area contributed by atoms with Crippen LogP contribution in [0.4, 0.5) is 13.2 Å². The maximum atomic E-state index is 12.3. The van der Waals surface area contributed by atoms with Crippen LogP contribution in [0.5, 0.6) is 0 Å². The Morgan fingerprint density at radius 2 is 1.95 bits per heavy atom. The number of esters is 1. The number of hydrogen-bond acceptors (Lipinski definition) is 3. The fourth-order valence-electron chi connectivity index (χ4n) is 2.05. The van der Waals surface area contributed by atoms with Gasteiger partial charge in [-0.2, -0.15) is 13.2 Å². The molecule has 1 atom stereocenters. The predicted octanol–water partition coefficient (Wildman–Crippen LogP) is 2.93. The number of hydrogen-bond donors (Lipinski definition) is 1. The summed E-state index contributed by atoms with van der Waals surface area (Å²) >= 11 is 0. The second kappa shape index (κ2) is 5.83. The van der Waals surface area contributed by atoms with Crippen LogP contribution in [0.3, 0.4) is 0 Å². The third kappa shape index (κ3) is 3.96. The summed E-state index contributed by atoms with van der Waals surface area (Å²) in [5.41, 5.74) is 1.64. The van der Waals surface area contributed by atoms with E-state index in [0.29, 0.717) is 11.5 Å². The van der Waals surface area contributed by atoms with E-state index in [9.17, 15) is 18.0 Å². The SMILES string of the molecule is COC(=O)C(NCC(F)(F)F)c1ccc(C2CC2)cc1. The monoisotopic (exact) mass is 287 g/mol. The third-order valence-corrected chi connectivity index (χ3v) is 3.26. The molecule has 110 valence electrons. The molecule has 1 aliphatic carbocycles. The Balaban J connectivity index is 2.10. The molecule has 0 spiro atoms. The summed E-state index contributed by atoms with van der Waals surface area (Å²) in [6, 6.07) is 5.98. The number of rotatable bonds is 5. The van der Waals surface area contributed by atoms with Crippen LogP contribution >= 0.6 is 0 Å². The van der Waals surface area contributed by atoms with E-state index in [1.165, 1.54) is 0 Å². The van der Waals surface area contributed by atoms with Gasteiger partial charge in [-0.3, -0.25) is 5.32 Å². The van der Waals surface area contributed by atoms with E-state index in [4.69, 9.17) is 0 Å². The molecule has 1 aliphatic rings. The van der Waals surface area contributed by atoms with Crippen LogP contribution in [0.15, 0.2) is 24.3 Å². The first kappa shape index (κ1) is 14.8. The maximum Gasteiger partial charge on any atom is 0.401 e. The van der Waals surface area contributed by atoms with E-state index in [-0.39, 0.29) is 0 Å². The van der Waals surface area contributed by atoms with Crippen LogP contribution in [0, 0.1) is 0 Å². The Kier molecular flexibility index (Phi) is 4.32. The highest BCUT2D eigenvalue weighted by atomic mass is 19.4. The molecule has 3 nitrogen and oxygen atoms in total. The minimum Gasteiger partial charge on any atom is -0.468 e. The van der Waals surface area contributed by atoms with Gasteiger partial charge < -0.3 is 4.74 Å². The minimum atomic E-state index is -4.37. The summed E-state index contributed by atoms with van der Waals surface area (Å²) < 4.78 is 41.3. The molecule has 1 N–H and O–H groups in total. The van der Waals surface area contributed by atoms with Crippen molar-refractivity contribution in [2.24, 2.45) is 0 Å². The van der Waals surface area contributed by atoms with E-state index >= 15 is 0 Å². The molecule has 1 fully saturated rings. The fourth-order valence-corrected chi connectivity index (χ4v) is 2.05. The summed E-state index contributed by atoms with van der Waals surface area (Å²) in [7, 11) is 1.16. The number of alkyl halides is 3. The lowest BCUT2D eigenvalue weighted by Gasteiger charge is -2.18. The second-order valence-electron chi connectivity index (χ2n) is 4.89. The molecule has 1 unspecified atom stereocenters. The molecule has 0 heterocycles. The smallest absolute Gasteiger partial charge is 0.401 e. The van der Waals surface area contributed by atoms with E-state index in [0.717, 1.165) is 25.5 Å². The largest absolute Gasteiger partial charge is 0.468 e. The average Bonchev–Trinajstić information content (AvgIpc) is 3.22. The zero-order valence-electron chi connectivity index (χ0n) is 11.0. The van der Waals surface area contributed by atoms with Crippen LogP contribution in [-0.2, 0) is 9.53 Å². The van der Waals surface area contributed by atoms with Crippen molar-refractivity contribution in [3.05, 3.63) is 35.4 Å². The number of carbonyl (C=O) groups is 1. The Hall–Kier alpha value is -1.56. The van der Waals surface area contributed by atoms with Gasteiger partial charge in [-0.05, 0) is 29.9 Å². The maximum absolute atomic E-state index is 12.3. The van der Waals surface area contributed by atoms with Crippen LogP contribution < -0.4 is 5.32 Å². The number of ether oxygens (including phenoxy) is 1. The lowest BCUT2D eigenvalue weighted by atomic mass is 10.0. The van der Waals surface area contributed by atoms with Gasteiger partial charge in [0.25, 0.3) is 0 Å². The molecule has 2 rings (SSSR count). The van der Waals surface area contributed by atoms with Gasteiger partial charge in [-0.1, -0.05) is 24.3 Å². The fraction of sp³-hybridized carbons (Fsp3) is 0.500. The summed E-state index contributed by atoms with van der Waals surface area (Å²) in [4.78, 5) is 11.6. The molecular weight excluding hydrogens is 271 g/mol. The summed E-state index contributed by atoms with van der Waals surface area (Å²) in [6.07, 6.45) is -2.08. The summed E-state index contributed by atoms with van der Waals surface area (Å²) in [6.45, 7) is -1.24. The average molecular weight is 287 g/mol. The van der Waals surface area contributed by atoms with Crippen LogP contribution in [0.25, 0.3) is 0 Å². The molecule has 0 aromatic heterocycles. The Morgan fingerprint density at radius 3 is 2.40 bits per heavy atom. The minimum absolute atomic E-state index is 0.477. The molecule has 20 heavy (non-hydrogen) atoms. The highest BCUT2D eigenvalue weighted by Crippen LogP contribution is 2.40. The van der Waals surface area contributed by atoms with Gasteiger partial charge in [0.15, 0.2) is 0 Å². The van der Waals surface area contributed by atoms with Crippen LogP contribution in [0.1, 0.15) is 35.9 Å². The highest BCUT2D eigenvalue weighted by Gasteiger charge is 2.31.